The average Bonchev–Trinajstić information content (AvgIpc) is 2.66. The van der Waals surface area contributed by atoms with Crippen LogP contribution in [-0.4, -0.2) is 23.8 Å². The van der Waals surface area contributed by atoms with Crippen LogP contribution in [0.4, 0.5) is 0 Å². The molecule has 4 nitrogen and oxygen atoms in total. The summed E-state index contributed by atoms with van der Waals surface area (Å²) in [4.78, 5) is 28.3. The Hall–Kier alpha value is -3.27. The van der Waals surface area contributed by atoms with Crippen LogP contribution in [0.5, 0.6) is 0 Å². The number of hydrogen-bond donors (Lipinski definition) is 0. The van der Waals surface area contributed by atoms with Crippen molar-refractivity contribution in [2.75, 3.05) is 6.61 Å². The molecule has 0 N–H and O–H groups in total. The van der Waals surface area contributed by atoms with E-state index in [1.165, 1.54) is 0 Å². The minimum absolute atomic E-state index is 0.0878. The van der Waals surface area contributed by atoms with Gasteiger partial charge in [0.25, 0.3) is 0 Å². The Kier molecular flexibility index (Phi) is 5.00. The summed E-state index contributed by atoms with van der Waals surface area (Å²) in [6.45, 7) is 1.96. The van der Waals surface area contributed by atoms with E-state index >= 15 is 0 Å². The molecule has 3 aromatic rings. The predicted octanol–water partition coefficient (Wildman–Crippen LogP) is 4.39. The van der Waals surface area contributed by atoms with Crippen molar-refractivity contribution in [1.29, 1.82) is 0 Å². The van der Waals surface area contributed by atoms with Crippen molar-refractivity contribution in [2.45, 2.75) is 6.92 Å². The molecule has 0 atom stereocenters. The number of hydrogen-bond acceptors (Lipinski definition) is 4. The Morgan fingerprint density at radius 1 is 1.04 bits per heavy atom. The molecule has 1 aromatic heterocycles. The standard InChI is InChI=1S/C21H17NO3/c1-2-25-21(24)20-17(13-12-15-8-4-3-5-9-15)16-10-6-7-11-18(16)22-19(20)14-23/h3-14H,2H2,1H3/b13-12+. The van der Waals surface area contributed by atoms with Crippen molar-refractivity contribution < 1.29 is 14.3 Å². The van der Waals surface area contributed by atoms with E-state index < -0.39 is 5.97 Å². The number of fused-ring (bicyclic) bond motifs is 1. The van der Waals surface area contributed by atoms with E-state index in [4.69, 9.17) is 4.74 Å². The number of pyridine rings is 1. The fourth-order valence-corrected chi connectivity index (χ4v) is 2.68. The van der Waals surface area contributed by atoms with Crippen LogP contribution in [0, 0.1) is 0 Å². The molecule has 0 aliphatic carbocycles. The summed E-state index contributed by atoms with van der Waals surface area (Å²) in [6.07, 6.45) is 4.33. The zero-order chi connectivity index (χ0) is 17.6. The van der Waals surface area contributed by atoms with E-state index in [9.17, 15) is 9.59 Å². The lowest BCUT2D eigenvalue weighted by molar-refractivity contribution is 0.0523. The molecule has 0 radical (unpaired) electrons. The highest BCUT2D eigenvalue weighted by Gasteiger charge is 2.20. The molecule has 0 aliphatic heterocycles. The molecule has 4 heteroatoms. The third kappa shape index (κ3) is 3.48. The van der Waals surface area contributed by atoms with Crippen molar-refractivity contribution in [3.63, 3.8) is 0 Å². The van der Waals surface area contributed by atoms with Gasteiger partial charge < -0.3 is 4.74 Å². The van der Waals surface area contributed by atoms with E-state index in [2.05, 4.69) is 4.98 Å². The highest BCUT2D eigenvalue weighted by Crippen LogP contribution is 2.26. The summed E-state index contributed by atoms with van der Waals surface area (Å²) in [7, 11) is 0. The smallest absolute Gasteiger partial charge is 0.341 e. The maximum absolute atomic E-state index is 12.4. The van der Waals surface area contributed by atoms with Crippen LogP contribution in [0.25, 0.3) is 23.1 Å². The van der Waals surface area contributed by atoms with Gasteiger partial charge in [-0.3, -0.25) is 4.79 Å². The molecule has 0 unspecified atom stereocenters. The van der Waals surface area contributed by atoms with Crippen molar-refractivity contribution in [3.05, 3.63) is 77.0 Å². The second-order valence-corrected chi connectivity index (χ2v) is 5.39. The molecule has 0 spiro atoms. The number of carbonyl (C=O) groups excluding carboxylic acids is 2. The van der Waals surface area contributed by atoms with Gasteiger partial charge in [0.15, 0.2) is 6.29 Å². The van der Waals surface area contributed by atoms with E-state index in [0.717, 1.165) is 10.9 Å². The maximum Gasteiger partial charge on any atom is 0.341 e. The van der Waals surface area contributed by atoms with E-state index in [1.54, 1.807) is 6.92 Å². The molecule has 3 rings (SSSR count). The van der Waals surface area contributed by atoms with Crippen LogP contribution in [-0.2, 0) is 4.74 Å². The van der Waals surface area contributed by atoms with E-state index in [-0.39, 0.29) is 17.9 Å². The van der Waals surface area contributed by atoms with Gasteiger partial charge in [-0.15, -0.1) is 0 Å². The van der Waals surface area contributed by atoms with E-state index in [1.807, 2.05) is 66.7 Å². The lowest BCUT2D eigenvalue weighted by Gasteiger charge is -2.11. The minimum Gasteiger partial charge on any atom is -0.462 e. The number of carbonyl (C=O) groups is 2. The average molecular weight is 331 g/mol. The second kappa shape index (κ2) is 7.53. The first kappa shape index (κ1) is 16.6. The molecule has 124 valence electrons. The van der Waals surface area contributed by atoms with Gasteiger partial charge >= 0.3 is 5.97 Å². The maximum atomic E-state index is 12.4. The number of nitrogens with zero attached hydrogens (tertiary/aromatic N) is 1. The molecule has 2 aromatic carbocycles. The molecule has 0 saturated carbocycles. The number of ether oxygens (including phenoxy) is 1. The van der Waals surface area contributed by atoms with Crippen molar-refractivity contribution in [3.8, 4) is 0 Å². The summed E-state index contributed by atoms with van der Waals surface area (Å²) in [6, 6.07) is 17.2. The fourth-order valence-electron chi connectivity index (χ4n) is 2.68. The highest BCUT2D eigenvalue weighted by atomic mass is 16.5. The highest BCUT2D eigenvalue weighted by molar-refractivity contribution is 6.07. The van der Waals surface area contributed by atoms with Gasteiger partial charge in [0.2, 0.25) is 0 Å². The molecular weight excluding hydrogens is 314 g/mol. The predicted molar refractivity (Wildman–Crippen MR) is 98.5 cm³/mol. The van der Waals surface area contributed by atoms with Crippen LogP contribution in [0.15, 0.2) is 54.6 Å². The Balaban J connectivity index is 2.25. The van der Waals surface area contributed by atoms with Gasteiger partial charge in [-0.05, 0) is 18.6 Å². The van der Waals surface area contributed by atoms with Gasteiger partial charge in [0, 0.05) is 10.9 Å². The van der Waals surface area contributed by atoms with Gasteiger partial charge in [0.05, 0.1) is 17.7 Å². The molecule has 1 heterocycles. The molecule has 0 fully saturated rings. The monoisotopic (exact) mass is 331 g/mol. The molecular formula is C21H17NO3. The zero-order valence-corrected chi connectivity index (χ0v) is 13.8. The van der Waals surface area contributed by atoms with Crippen molar-refractivity contribution in [2.24, 2.45) is 0 Å². The molecule has 0 bridgehead atoms. The van der Waals surface area contributed by atoms with Gasteiger partial charge in [0.1, 0.15) is 5.69 Å². The van der Waals surface area contributed by atoms with Crippen LogP contribution in [0.2, 0.25) is 0 Å². The van der Waals surface area contributed by atoms with Crippen LogP contribution in [0.3, 0.4) is 0 Å². The largest absolute Gasteiger partial charge is 0.462 e. The number of esters is 1. The minimum atomic E-state index is -0.546. The van der Waals surface area contributed by atoms with Gasteiger partial charge in [-0.25, -0.2) is 9.78 Å². The fraction of sp³-hybridized carbons (Fsp3) is 0.0952. The number of para-hydroxylation sites is 1. The molecule has 0 amide bonds. The summed E-state index contributed by atoms with van der Waals surface area (Å²) < 4.78 is 5.14. The first-order valence-corrected chi connectivity index (χ1v) is 8.02. The third-order valence-corrected chi connectivity index (χ3v) is 3.79. The summed E-state index contributed by atoms with van der Waals surface area (Å²) in [5, 5.41) is 0.795. The van der Waals surface area contributed by atoms with Crippen LogP contribution in [0.1, 0.15) is 38.9 Å². The quantitative estimate of drug-likeness (QED) is 0.514. The number of benzene rings is 2. The van der Waals surface area contributed by atoms with Crippen molar-refractivity contribution >= 4 is 35.3 Å². The number of rotatable bonds is 5. The second-order valence-electron chi connectivity index (χ2n) is 5.39. The summed E-state index contributed by atoms with van der Waals surface area (Å²) in [5.41, 5.74) is 2.57. The van der Waals surface area contributed by atoms with Crippen molar-refractivity contribution in [1.82, 2.24) is 4.98 Å². The van der Waals surface area contributed by atoms with Crippen LogP contribution >= 0.6 is 0 Å². The number of aromatic nitrogens is 1. The first-order chi connectivity index (χ1) is 12.2. The topological polar surface area (TPSA) is 56.3 Å². The molecule has 25 heavy (non-hydrogen) atoms. The van der Waals surface area contributed by atoms with E-state index in [0.29, 0.717) is 17.4 Å². The van der Waals surface area contributed by atoms with Gasteiger partial charge in [-0.2, -0.15) is 0 Å². The Morgan fingerprint density at radius 3 is 2.48 bits per heavy atom. The zero-order valence-electron chi connectivity index (χ0n) is 13.8. The summed E-state index contributed by atoms with van der Waals surface area (Å²) >= 11 is 0. The number of aldehydes is 1. The molecule has 0 saturated heterocycles. The Labute approximate surface area is 145 Å². The summed E-state index contributed by atoms with van der Waals surface area (Å²) in [5.74, 6) is -0.546. The molecule has 0 aliphatic rings. The SMILES string of the molecule is CCOC(=O)c1c(C=O)nc2ccccc2c1/C=C/c1ccccc1. The lowest BCUT2D eigenvalue weighted by atomic mass is 9.99. The lowest BCUT2D eigenvalue weighted by Crippen LogP contribution is -2.12. The first-order valence-electron chi connectivity index (χ1n) is 8.02. The Bertz CT molecular complexity index is 946. The third-order valence-electron chi connectivity index (χ3n) is 3.79. The Morgan fingerprint density at radius 2 is 1.76 bits per heavy atom. The van der Waals surface area contributed by atoms with Gasteiger partial charge in [-0.1, -0.05) is 60.7 Å². The normalized spacial score (nSPS) is 10.9. The van der Waals surface area contributed by atoms with Crippen LogP contribution < -0.4 is 0 Å².